The van der Waals surface area contributed by atoms with E-state index in [2.05, 4.69) is 25.9 Å². The Hall–Kier alpha value is -1.14. The summed E-state index contributed by atoms with van der Waals surface area (Å²) in [5, 5.41) is 12.0. The molecule has 6 heteroatoms. The molecule has 6 nitrogen and oxygen atoms in total. The van der Waals surface area contributed by atoms with Crippen molar-refractivity contribution >= 4 is 12.1 Å². The molecule has 1 saturated heterocycles. The predicted octanol–water partition coefficient (Wildman–Crippen LogP) is 3.18. The van der Waals surface area contributed by atoms with Crippen molar-refractivity contribution in [2.24, 2.45) is 11.1 Å². The second-order valence-electron chi connectivity index (χ2n) is 7.93. The molecule has 1 saturated carbocycles. The third kappa shape index (κ3) is 3.91. The molecule has 0 radical (unpaired) electrons. The molecule has 1 aliphatic heterocycles. The molecular weight excluding hydrogens is 308 g/mol. The summed E-state index contributed by atoms with van der Waals surface area (Å²) < 4.78 is 11.7. The number of hydrogen-bond donors (Lipinski definition) is 1. The molecule has 2 fully saturated rings. The van der Waals surface area contributed by atoms with Crippen molar-refractivity contribution in [3.05, 3.63) is 0 Å². The van der Waals surface area contributed by atoms with Gasteiger partial charge in [0.05, 0.1) is 18.8 Å². The van der Waals surface area contributed by atoms with E-state index in [4.69, 9.17) is 14.7 Å². The van der Waals surface area contributed by atoms with Crippen molar-refractivity contribution in [3.63, 3.8) is 0 Å². The zero-order valence-electron chi connectivity index (χ0n) is 15.5. The minimum atomic E-state index is -0.335. The topological polar surface area (TPSA) is 71.4 Å². The number of carbonyl (C=O) groups is 1. The fourth-order valence-electron chi connectivity index (χ4n) is 4.77. The van der Waals surface area contributed by atoms with Crippen LogP contribution in [-0.2, 0) is 14.3 Å². The van der Waals surface area contributed by atoms with Gasteiger partial charge in [0.1, 0.15) is 0 Å². The van der Waals surface area contributed by atoms with Crippen LogP contribution in [0.5, 0.6) is 0 Å². The molecule has 0 aromatic heterocycles. The predicted molar refractivity (Wildman–Crippen MR) is 92.2 cm³/mol. The summed E-state index contributed by atoms with van der Waals surface area (Å²) in [6.45, 7) is 9.12. The third-order valence-electron chi connectivity index (χ3n) is 5.26. The fraction of sp³-hybridized carbons (Fsp3) is 0.889. The van der Waals surface area contributed by atoms with Gasteiger partial charge in [0.2, 0.25) is 5.91 Å². The van der Waals surface area contributed by atoms with E-state index < -0.39 is 0 Å². The Morgan fingerprint density at radius 3 is 2.54 bits per heavy atom. The normalized spacial score (nSPS) is 29.2. The number of amides is 1. The first-order chi connectivity index (χ1) is 11.3. The van der Waals surface area contributed by atoms with Gasteiger partial charge in [-0.25, -0.2) is 0 Å². The molecule has 2 unspecified atom stereocenters. The van der Waals surface area contributed by atoms with E-state index in [0.717, 1.165) is 32.1 Å². The Bertz CT molecular complexity index is 454. The van der Waals surface area contributed by atoms with Crippen molar-refractivity contribution in [1.82, 2.24) is 4.90 Å². The molecule has 0 aromatic carbocycles. The van der Waals surface area contributed by atoms with Crippen molar-refractivity contribution in [3.8, 4) is 0 Å². The lowest BCUT2D eigenvalue weighted by Gasteiger charge is -2.57. The number of oxime groups is 1. The summed E-state index contributed by atoms with van der Waals surface area (Å²) in [6.07, 6.45) is 6.77. The van der Waals surface area contributed by atoms with Gasteiger partial charge in [-0.2, -0.15) is 0 Å². The number of nitrogens with zero attached hydrogens (tertiary/aromatic N) is 2. The monoisotopic (exact) mass is 340 g/mol. The zero-order chi connectivity index (χ0) is 17.8. The van der Waals surface area contributed by atoms with Crippen LogP contribution in [0.15, 0.2) is 5.16 Å². The number of ether oxygens (including phenoxy) is 2. The molecule has 2 rings (SSSR count). The minimum Gasteiger partial charge on any atom is -0.411 e. The van der Waals surface area contributed by atoms with Crippen molar-refractivity contribution in [2.45, 2.75) is 83.6 Å². The Morgan fingerprint density at radius 1 is 1.33 bits per heavy atom. The highest BCUT2D eigenvalue weighted by Crippen LogP contribution is 2.47. The van der Waals surface area contributed by atoms with E-state index in [0.29, 0.717) is 19.6 Å². The van der Waals surface area contributed by atoms with Gasteiger partial charge in [-0.3, -0.25) is 4.79 Å². The van der Waals surface area contributed by atoms with Gasteiger partial charge in [-0.15, -0.1) is 5.16 Å². The summed E-state index contributed by atoms with van der Waals surface area (Å²) in [5.74, 6) is 0.220. The minimum absolute atomic E-state index is 0.0772. The smallest absolute Gasteiger partial charge is 0.220 e. The molecule has 1 amide bonds. The summed E-state index contributed by atoms with van der Waals surface area (Å²) >= 11 is 0. The lowest BCUT2D eigenvalue weighted by molar-refractivity contribution is -0.177. The molecule has 2 aliphatic rings. The highest BCUT2D eigenvalue weighted by molar-refractivity contribution is 5.75. The SMILES string of the molecule is CC(=O)N(C(C)(C)C)C1(CCC=NO)CCCCC1C1OCCO1. The van der Waals surface area contributed by atoms with Gasteiger partial charge < -0.3 is 19.6 Å². The molecule has 1 N–H and O–H groups in total. The van der Waals surface area contributed by atoms with Gasteiger partial charge in [0.15, 0.2) is 6.29 Å². The van der Waals surface area contributed by atoms with Crippen LogP contribution in [-0.4, -0.2) is 52.8 Å². The molecule has 1 heterocycles. The van der Waals surface area contributed by atoms with E-state index in [9.17, 15) is 4.79 Å². The van der Waals surface area contributed by atoms with Crippen LogP contribution in [0.2, 0.25) is 0 Å². The molecule has 1 aliphatic carbocycles. The number of hydrogen-bond acceptors (Lipinski definition) is 5. The second kappa shape index (κ2) is 7.83. The first-order valence-corrected chi connectivity index (χ1v) is 9.03. The van der Waals surface area contributed by atoms with E-state index in [1.165, 1.54) is 6.21 Å². The summed E-state index contributed by atoms with van der Waals surface area (Å²) in [7, 11) is 0. The quantitative estimate of drug-likeness (QED) is 0.474. The van der Waals surface area contributed by atoms with Crippen LogP contribution in [0.25, 0.3) is 0 Å². The molecule has 24 heavy (non-hydrogen) atoms. The maximum absolute atomic E-state index is 12.6. The Kier molecular flexibility index (Phi) is 6.26. The van der Waals surface area contributed by atoms with Gasteiger partial charge in [-0.05, 0) is 46.5 Å². The van der Waals surface area contributed by atoms with Crippen LogP contribution in [0.3, 0.4) is 0 Å². The standard InChI is InChI=1S/C18H32N2O4/c1-14(21)20(17(2,3)4)18(10-7-11-19-22)9-6-5-8-15(18)16-23-12-13-24-16/h11,15-16,22H,5-10,12-13H2,1-4H3. The van der Waals surface area contributed by atoms with Crippen LogP contribution in [0.4, 0.5) is 0 Å². The Labute approximate surface area is 145 Å². The van der Waals surface area contributed by atoms with Crippen LogP contribution in [0.1, 0.15) is 66.2 Å². The van der Waals surface area contributed by atoms with Gasteiger partial charge in [-0.1, -0.05) is 12.8 Å². The number of rotatable bonds is 5. The first kappa shape index (κ1) is 19.2. The highest BCUT2D eigenvalue weighted by atomic mass is 16.7. The van der Waals surface area contributed by atoms with Crippen molar-refractivity contribution in [1.29, 1.82) is 0 Å². The van der Waals surface area contributed by atoms with Crippen molar-refractivity contribution < 1.29 is 19.5 Å². The molecule has 0 spiro atoms. The molecule has 138 valence electrons. The average molecular weight is 340 g/mol. The third-order valence-corrected chi connectivity index (χ3v) is 5.26. The van der Waals surface area contributed by atoms with Gasteiger partial charge >= 0.3 is 0 Å². The fourth-order valence-corrected chi connectivity index (χ4v) is 4.77. The average Bonchev–Trinajstić information content (AvgIpc) is 3.00. The zero-order valence-corrected chi connectivity index (χ0v) is 15.5. The molecule has 0 bridgehead atoms. The lowest BCUT2D eigenvalue weighted by Crippen LogP contribution is -2.65. The summed E-state index contributed by atoms with van der Waals surface area (Å²) in [5.41, 5.74) is -0.630. The maximum atomic E-state index is 12.6. The van der Waals surface area contributed by atoms with Crippen LogP contribution >= 0.6 is 0 Å². The van der Waals surface area contributed by atoms with Gasteiger partial charge in [0.25, 0.3) is 0 Å². The van der Waals surface area contributed by atoms with Gasteiger partial charge in [0, 0.05) is 24.6 Å². The van der Waals surface area contributed by atoms with E-state index in [-0.39, 0.29) is 29.2 Å². The first-order valence-electron chi connectivity index (χ1n) is 9.03. The maximum Gasteiger partial charge on any atom is 0.220 e. The van der Waals surface area contributed by atoms with E-state index in [1.54, 1.807) is 6.92 Å². The second-order valence-corrected chi connectivity index (χ2v) is 7.93. The molecule has 2 atom stereocenters. The molecular formula is C18H32N2O4. The van der Waals surface area contributed by atoms with E-state index in [1.807, 2.05) is 4.90 Å². The van der Waals surface area contributed by atoms with Crippen LogP contribution in [0, 0.1) is 5.92 Å². The Balaban J connectivity index is 2.43. The number of carbonyl (C=O) groups excluding carboxylic acids is 1. The lowest BCUT2D eigenvalue weighted by atomic mass is 9.67. The van der Waals surface area contributed by atoms with E-state index >= 15 is 0 Å². The summed E-state index contributed by atoms with van der Waals surface area (Å²) in [6, 6.07) is 0. The largest absolute Gasteiger partial charge is 0.411 e. The molecule has 0 aromatic rings. The highest BCUT2D eigenvalue weighted by Gasteiger charge is 2.53. The van der Waals surface area contributed by atoms with Crippen molar-refractivity contribution in [2.75, 3.05) is 13.2 Å². The van der Waals surface area contributed by atoms with Crippen LogP contribution < -0.4 is 0 Å². The summed E-state index contributed by atoms with van der Waals surface area (Å²) in [4.78, 5) is 14.7. The Morgan fingerprint density at radius 2 is 2.00 bits per heavy atom.